The minimum absolute atomic E-state index is 0.176. The number of hydrogen-bond donors (Lipinski definition) is 2. The maximum atomic E-state index is 14.0. The molecule has 0 aliphatic heterocycles. The van der Waals surface area contributed by atoms with Crippen molar-refractivity contribution in [1.82, 2.24) is 5.09 Å². The first-order valence-electron chi connectivity index (χ1n) is 8.78. The van der Waals surface area contributed by atoms with Gasteiger partial charge >= 0.3 is 13.7 Å². The first-order chi connectivity index (χ1) is 14.2. The number of aliphatic carboxylic acids is 1. The maximum absolute atomic E-state index is 14.0. The van der Waals surface area contributed by atoms with Crippen LogP contribution in [0.5, 0.6) is 11.5 Å². The Labute approximate surface area is 174 Å². The molecular formula is C19H19F5NO5P. The number of carboxylic acid groups (broad SMARTS) is 1. The van der Waals surface area contributed by atoms with E-state index in [0.717, 1.165) is 12.5 Å². The summed E-state index contributed by atoms with van der Waals surface area (Å²) < 4.78 is 90.9. The molecule has 0 fully saturated rings. The predicted molar refractivity (Wildman–Crippen MR) is 100 cm³/mol. The highest BCUT2D eigenvalue weighted by atomic mass is 31.2. The summed E-state index contributed by atoms with van der Waals surface area (Å²) in [5.41, 5.74) is 0.576. The summed E-state index contributed by atoms with van der Waals surface area (Å²) in [5.74, 6) is -15.5. The quantitative estimate of drug-likeness (QED) is 0.249. The van der Waals surface area contributed by atoms with E-state index in [1.54, 1.807) is 12.1 Å². The van der Waals surface area contributed by atoms with Gasteiger partial charge in [-0.15, -0.1) is 0 Å². The Morgan fingerprint density at radius 3 is 1.81 bits per heavy atom. The lowest BCUT2D eigenvalue weighted by Crippen LogP contribution is -2.34. The van der Waals surface area contributed by atoms with Gasteiger partial charge in [-0.1, -0.05) is 32.9 Å². The van der Waals surface area contributed by atoms with Gasteiger partial charge in [-0.3, -0.25) is 4.79 Å². The molecular weight excluding hydrogens is 448 g/mol. The van der Waals surface area contributed by atoms with Crippen LogP contribution >= 0.6 is 7.75 Å². The van der Waals surface area contributed by atoms with Crippen LogP contribution in [0.3, 0.4) is 0 Å². The average molecular weight is 467 g/mol. The standard InChI is InChI=1S/C19H19F5NO5P/c1-9(18(26)27)25-31(28,29-11-7-5-10(6-8-11)19(2,3)4)30-17-15(23)13(21)12(20)14(22)16(17)24/h5-9H,1-4H3,(H,25,28)(H,26,27)/t9-,31?/m0/s1. The van der Waals surface area contributed by atoms with Crippen LogP contribution in [0.25, 0.3) is 0 Å². The SMILES string of the molecule is C[C@H](NP(=O)(Oc1ccc(C(C)(C)C)cc1)Oc1c(F)c(F)c(F)c(F)c1F)C(=O)O. The van der Waals surface area contributed by atoms with Gasteiger partial charge in [-0.25, -0.2) is 17.7 Å². The molecule has 0 radical (unpaired) electrons. The molecule has 0 saturated carbocycles. The second kappa shape index (κ2) is 8.84. The van der Waals surface area contributed by atoms with Crippen molar-refractivity contribution in [3.05, 3.63) is 58.9 Å². The Hall–Kier alpha value is -2.65. The molecule has 170 valence electrons. The van der Waals surface area contributed by atoms with Crippen molar-refractivity contribution < 1.29 is 45.5 Å². The van der Waals surface area contributed by atoms with E-state index >= 15 is 0 Å². The van der Waals surface area contributed by atoms with Gasteiger partial charge < -0.3 is 14.2 Å². The number of carbonyl (C=O) groups is 1. The first-order valence-corrected chi connectivity index (χ1v) is 10.3. The lowest BCUT2D eigenvalue weighted by atomic mass is 9.87. The number of carboxylic acids is 1. The van der Waals surface area contributed by atoms with Gasteiger partial charge in [-0.2, -0.15) is 13.9 Å². The zero-order valence-corrected chi connectivity index (χ0v) is 17.7. The van der Waals surface area contributed by atoms with Crippen molar-refractivity contribution in [2.75, 3.05) is 0 Å². The van der Waals surface area contributed by atoms with Gasteiger partial charge in [0.2, 0.25) is 34.8 Å². The molecule has 2 aromatic carbocycles. The van der Waals surface area contributed by atoms with Gasteiger partial charge in [0, 0.05) is 0 Å². The van der Waals surface area contributed by atoms with Crippen molar-refractivity contribution in [3.63, 3.8) is 0 Å². The average Bonchev–Trinajstić information content (AvgIpc) is 2.67. The van der Waals surface area contributed by atoms with Crippen LogP contribution in [0.4, 0.5) is 22.0 Å². The fourth-order valence-electron chi connectivity index (χ4n) is 2.30. The molecule has 0 heterocycles. The Balaban J connectivity index is 2.48. The molecule has 2 atom stereocenters. The van der Waals surface area contributed by atoms with E-state index in [2.05, 4.69) is 4.52 Å². The van der Waals surface area contributed by atoms with Gasteiger partial charge in [0.15, 0.2) is 0 Å². The fourth-order valence-corrected chi connectivity index (χ4v) is 3.83. The second-order valence-electron chi connectivity index (χ2n) is 7.54. The minimum atomic E-state index is -5.00. The molecule has 2 aromatic rings. The summed E-state index contributed by atoms with van der Waals surface area (Å²) in [4.78, 5) is 11.1. The summed E-state index contributed by atoms with van der Waals surface area (Å²) in [6.45, 7) is 6.74. The monoisotopic (exact) mass is 467 g/mol. The third-order valence-corrected chi connectivity index (χ3v) is 5.63. The van der Waals surface area contributed by atoms with E-state index in [9.17, 15) is 31.3 Å². The summed E-state index contributed by atoms with van der Waals surface area (Å²) in [5, 5.41) is 10.9. The Kier molecular flexibility index (Phi) is 7.02. The van der Waals surface area contributed by atoms with E-state index in [1.807, 2.05) is 25.9 Å². The number of rotatable bonds is 7. The van der Waals surface area contributed by atoms with Crippen LogP contribution in [-0.4, -0.2) is 17.1 Å². The van der Waals surface area contributed by atoms with Crippen LogP contribution in [0, 0.1) is 29.1 Å². The predicted octanol–water partition coefficient (Wildman–Crippen LogP) is 5.31. The van der Waals surface area contributed by atoms with E-state index in [0.29, 0.717) is 0 Å². The summed E-state index contributed by atoms with van der Waals surface area (Å²) in [6, 6.07) is 4.17. The Bertz CT molecular complexity index is 1010. The van der Waals surface area contributed by atoms with Crippen molar-refractivity contribution >= 4 is 13.7 Å². The molecule has 0 saturated heterocycles. The largest absolute Gasteiger partial charge is 0.513 e. The second-order valence-corrected chi connectivity index (χ2v) is 9.16. The number of halogens is 5. The molecule has 1 unspecified atom stereocenters. The van der Waals surface area contributed by atoms with E-state index in [4.69, 9.17) is 9.63 Å². The topological polar surface area (TPSA) is 84.9 Å². The van der Waals surface area contributed by atoms with Crippen LogP contribution in [0.2, 0.25) is 0 Å². The zero-order valence-electron chi connectivity index (χ0n) is 16.8. The minimum Gasteiger partial charge on any atom is -0.480 e. The summed E-state index contributed by atoms with van der Waals surface area (Å²) >= 11 is 0. The van der Waals surface area contributed by atoms with E-state index < -0.39 is 54.6 Å². The molecule has 2 N–H and O–H groups in total. The molecule has 6 nitrogen and oxygen atoms in total. The smallest absolute Gasteiger partial charge is 0.480 e. The Morgan fingerprint density at radius 1 is 0.935 bits per heavy atom. The molecule has 12 heteroatoms. The molecule has 0 spiro atoms. The van der Waals surface area contributed by atoms with Gasteiger partial charge in [0.1, 0.15) is 11.8 Å². The number of hydrogen-bond acceptors (Lipinski definition) is 4. The molecule has 0 aliphatic rings. The van der Waals surface area contributed by atoms with E-state index in [1.165, 1.54) is 12.1 Å². The molecule has 0 bridgehead atoms. The van der Waals surface area contributed by atoms with Crippen molar-refractivity contribution in [3.8, 4) is 11.5 Å². The number of benzene rings is 2. The summed E-state index contributed by atoms with van der Waals surface area (Å²) in [6.07, 6.45) is 0. The van der Waals surface area contributed by atoms with Gasteiger partial charge in [0.05, 0.1) is 0 Å². The van der Waals surface area contributed by atoms with Crippen LogP contribution in [-0.2, 0) is 14.8 Å². The maximum Gasteiger partial charge on any atom is 0.513 e. The van der Waals surface area contributed by atoms with Gasteiger partial charge in [-0.05, 0) is 30.0 Å². The highest BCUT2D eigenvalue weighted by molar-refractivity contribution is 7.52. The van der Waals surface area contributed by atoms with Crippen molar-refractivity contribution in [2.45, 2.75) is 39.2 Å². The van der Waals surface area contributed by atoms with Crippen LogP contribution < -0.4 is 14.1 Å². The third-order valence-electron chi connectivity index (χ3n) is 4.05. The molecule has 2 rings (SSSR count). The molecule has 31 heavy (non-hydrogen) atoms. The highest BCUT2D eigenvalue weighted by Gasteiger charge is 2.38. The molecule has 0 amide bonds. The van der Waals surface area contributed by atoms with Gasteiger partial charge in [0.25, 0.3) is 0 Å². The lowest BCUT2D eigenvalue weighted by Gasteiger charge is -2.23. The van der Waals surface area contributed by atoms with Crippen LogP contribution in [0.15, 0.2) is 24.3 Å². The normalized spacial score (nSPS) is 14.6. The third kappa shape index (κ3) is 5.54. The highest BCUT2D eigenvalue weighted by Crippen LogP contribution is 2.47. The first kappa shape index (κ1) is 24.6. The van der Waals surface area contributed by atoms with Crippen LogP contribution in [0.1, 0.15) is 33.3 Å². The van der Waals surface area contributed by atoms with Crippen molar-refractivity contribution in [2.24, 2.45) is 0 Å². The lowest BCUT2D eigenvalue weighted by molar-refractivity contribution is -0.138. The van der Waals surface area contributed by atoms with Crippen molar-refractivity contribution in [1.29, 1.82) is 0 Å². The number of nitrogens with one attached hydrogen (secondary N) is 1. The summed E-state index contributed by atoms with van der Waals surface area (Å²) in [7, 11) is -5.00. The zero-order chi connectivity index (χ0) is 23.7. The van der Waals surface area contributed by atoms with E-state index in [-0.39, 0.29) is 11.2 Å². The molecule has 0 aliphatic carbocycles. The Morgan fingerprint density at radius 2 is 1.39 bits per heavy atom. The fraction of sp³-hybridized carbons (Fsp3) is 0.316. The molecule has 0 aromatic heterocycles.